The molecule has 0 aliphatic heterocycles. The number of benzene rings is 1. The molecule has 118 valence electrons. The van der Waals surface area contributed by atoms with Gasteiger partial charge in [-0.25, -0.2) is 0 Å². The lowest BCUT2D eigenvalue weighted by molar-refractivity contribution is -0.383. The van der Waals surface area contributed by atoms with Gasteiger partial charge in [0.25, 0.3) is 5.69 Å². The van der Waals surface area contributed by atoms with Crippen molar-refractivity contribution in [3.8, 4) is 0 Å². The summed E-state index contributed by atoms with van der Waals surface area (Å²) in [5.41, 5.74) is 6.66. The second kappa shape index (κ2) is 9.15. The average molecular weight is 297 g/mol. The summed E-state index contributed by atoms with van der Waals surface area (Å²) >= 11 is 0. The van der Waals surface area contributed by atoms with Crippen molar-refractivity contribution in [1.82, 2.24) is 0 Å². The van der Waals surface area contributed by atoms with Crippen molar-refractivity contribution < 1.29 is 14.4 Å². The maximum atomic E-state index is 10.8. The summed E-state index contributed by atoms with van der Waals surface area (Å²) in [6, 6.07) is 4.75. The van der Waals surface area contributed by atoms with Crippen LogP contribution in [0, 0.1) is 10.1 Å². The van der Waals surface area contributed by atoms with Crippen molar-refractivity contribution in [1.29, 1.82) is 0 Å². The molecule has 0 bridgehead atoms. The SMILES string of the molecule is CCOCCN(CCOCC)c1ccc([N+](=O)[O-])c(N)c1. The van der Waals surface area contributed by atoms with Gasteiger partial charge in [-0.1, -0.05) is 0 Å². The number of nitro groups is 1. The number of anilines is 2. The van der Waals surface area contributed by atoms with Crippen LogP contribution in [0.1, 0.15) is 13.8 Å². The summed E-state index contributed by atoms with van der Waals surface area (Å²) in [6.45, 7) is 7.71. The predicted molar refractivity (Wildman–Crippen MR) is 82.7 cm³/mol. The van der Waals surface area contributed by atoms with Crippen LogP contribution in [0.3, 0.4) is 0 Å². The number of hydrogen-bond donors (Lipinski definition) is 1. The number of hydrogen-bond acceptors (Lipinski definition) is 6. The zero-order valence-corrected chi connectivity index (χ0v) is 12.6. The Labute approximate surface area is 124 Å². The van der Waals surface area contributed by atoms with Crippen LogP contribution in [0.2, 0.25) is 0 Å². The van der Waals surface area contributed by atoms with E-state index < -0.39 is 4.92 Å². The van der Waals surface area contributed by atoms with Gasteiger partial charge in [0.05, 0.1) is 18.1 Å². The van der Waals surface area contributed by atoms with Gasteiger partial charge >= 0.3 is 0 Å². The second-order valence-electron chi connectivity index (χ2n) is 4.38. The quantitative estimate of drug-likeness (QED) is 0.307. The Morgan fingerprint density at radius 1 is 1.19 bits per heavy atom. The molecule has 1 aromatic carbocycles. The standard InChI is InChI=1S/C14H23N3O4/c1-3-20-9-7-16(8-10-21-4-2)12-5-6-14(17(18)19)13(15)11-12/h5-6,11H,3-4,7-10,15H2,1-2H3. The monoisotopic (exact) mass is 297 g/mol. The molecule has 0 heterocycles. The Balaban J connectivity index is 2.80. The van der Waals surface area contributed by atoms with Crippen molar-refractivity contribution in [3.63, 3.8) is 0 Å². The van der Waals surface area contributed by atoms with Crippen molar-refractivity contribution in [2.24, 2.45) is 0 Å². The van der Waals surface area contributed by atoms with E-state index in [9.17, 15) is 10.1 Å². The lowest BCUT2D eigenvalue weighted by Crippen LogP contribution is -2.31. The minimum absolute atomic E-state index is 0.0756. The van der Waals surface area contributed by atoms with Gasteiger partial charge in [0.15, 0.2) is 0 Å². The van der Waals surface area contributed by atoms with Crippen molar-refractivity contribution in [2.45, 2.75) is 13.8 Å². The summed E-state index contributed by atoms with van der Waals surface area (Å²) in [6.07, 6.45) is 0. The number of nitrogens with two attached hydrogens (primary N) is 1. The molecule has 0 unspecified atom stereocenters. The fraction of sp³-hybridized carbons (Fsp3) is 0.571. The molecule has 7 nitrogen and oxygen atoms in total. The highest BCUT2D eigenvalue weighted by molar-refractivity contribution is 5.66. The van der Waals surface area contributed by atoms with Crippen molar-refractivity contribution in [2.75, 3.05) is 50.2 Å². The molecule has 21 heavy (non-hydrogen) atoms. The van der Waals surface area contributed by atoms with Gasteiger partial charge in [-0.05, 0) is 26.0 Å². The van der Waals surface area contributed by atoms with Crippen LogP contribution in [0.5, 0.6) is 0 Å². The largest absolute Gasteiger partial charge is 0.393 e. The minimum Gasteiger partial charge on any atom is -0.393 e. The number of nitrogens with zero attached hydrogens (tertiary/aromatic N) is 2. The van der Waals surface area contributed by atoms with Crippen LogP contribution >= 0.6 is 0 Å². The molecule has 0 aromatic heterocycles. The first kappa shape index (κ1) is 17.2. The Hall–Kier alpha value is -1.86. The molecule has 0 spiro atoms. The van der Waals surface area contributed by atoms with Crippen LogP contribution in [0.4, 0.5) is 17.1 Å². The smallest absolute Gasteiger partial charge is 0.292 e. The van der Waals surface area contributed by atoms with E-state index in [1.54, 1.807) is 12.1 Å². The van der Waals surface area contributed by atoms with E-state index in [2.05, 4.69) is 0 Å². The highest BCUT2D eigenvalue weighted by Gasteiger charge is 2.14. The lowest BCUT2D eigenvalue weighted by Gasteiger charge is -2.24. The van der Waals surface area contributed by atoms with E-state index >= 15 is 0 Å². The van der Waals surface area contributed by atoms with E-state index in [1.807, 2.05) is 18.7 Å². The van der Waals surface area contributed by atoms with Gasteiger partial charge in [-0.3, -0.25) is 10.1 Å². The molecule has 1 aromatic rings. The lowest BCUT2D eigenvalue weighted by atomic mass is 10.2. The fourth-order valence-electron chi connectivity index (χ4n) is 1.91. The third-order valence-corrected chi connectivity index (χ3v) is 2.99. The van der Waals surface area contributed by atoms with Crippen molar-refractivity contribution in [3.05, 3.63) is 28.3 Å². The molecule has 0 amide bonds. The van der Waals surface area contributed by atoms with E-state index in [-0.39, 0.29) is 11.4 Å². The molecule has 0 saturated carbocycles. The van der Waals surface area contributed by atoms with Crippen molar-refractivity contribution >= 4 is 17.1 Å². The van der Waals surface area contributed by atoms with Crippen LogP contribution in [-0.4, -0.2) is 44.4 Å². The molecular formula is C14H23N3O4. The summed E-state index contributed by atoms with van der Waals surface area (Å²) in [5.74, 6) is 0. The molecule has 0 fully saturated rings. The molecule has 0 saturated heterocycles. The minimum atomic E-state index is -0.482. The molecule has 0 aliphatic carbocycles. The predicted octanol–water partition coefficient (Wildman–Crippen LogP) is 2.06. The van der Waals surface area contributed by atoms with E-state index in [1.165, 1.54) is 6.07 Å². The third kappa shape index (κ3) is 5.57. The normalized spacial score (nSPS) is 10.6. The van der Waals surface area contributed by atoms with Gasteiger partial charge in [0.2, 0.25) is 0 Å². The first-order valence-electron chi connectivity index (χ1n) is 7.04. The molecule has 2 N–H and O–H groups in total. The number of rotatable bonds is 10. The van der Waals surface area contributed by atoms with Gasteiger partial charge in [-0.2, -0.15) is 0 Å². The molecular weight excluding hydrogens is 274 g/mol. The van der Waals surface area contributed by atoms with Crippen LogP contribution < -0.4 is 10.6 Å². The summed E-state index contributed by atoms with van der Waals surface area (Å²) < 4.78 is 10.7. The summed E-state index contributed by atoms with van der Waals surface area (Å²) in [5, 5.41) is 10.8. The molecule has 1 rings (SSSR count). The maximum Gasteiger partial charge on any atom is 0.292 e. The molecule has 0 atom stereocenters. The fourth-order valence-corrected chi connectivity index (χ4v) is 1.91. The maximum absolute atomic E-state index is 10.8. The zero-order chi connectivity index (χ0) is 15.7. The van der Waals surface area contributed by atoms with E-state index in [4.69, 9.17) is 15.2 Å². The highest BCUT2D eigenvalue weighted by atomic mass is 16.6. The van der Waals surface area contributed by atoms with Crippen LogP contribution in [0.25, 0.3) is 0 Å². The second-order valence-corrected chi connectivity index (χ2v) is 4.38. The molecule has 7 heteroatoms. The Kier molecular flexibility index (Phi) is 7.49. The van der Waals surface area contributed by atoms with Gasteiger partial charge in [-0.15, -0.1) is 0 Å². The Bertz CT molecular complexity index is 444. The van der Waals surface area contributed by atoms with E-state index in [0.717, 1.165) is 5.69 Å². The highest BCUT2D eigenvalue weighted by Crippen LogP contribution is 2.26. The summed E-state index contributed by atoms with van der Waals surface area (Å²) in [7, 11) is 0. The van der Waals surface area contributed by atoms with E-state index in [0.29, 0.717) is 39.5 Å². The molecule has 0 radical (unpaired) electrons. The van der Waals surface area contributed by atoms with Gasteiger partial charge < -0.3 is 20.1 Å². The van der Waals surface area contributed by atoms with Gasteiger partial charge in [0, 0.05) is 38.1 Å². The first-order chi connectivity index (χ1) is 10.1. The topological polar surface area (TPSA) is 90.9 Å². The van der Waals surface area contributed by atoms with Gasteiger partial charge in [0.1, 0.15) is 5.69 Å². The van der Waals surface area contributed by atoms with Crippen LogP contribution in [-0.2, 0) is 9.47 Å². The number of nitrogen functional groups attached to an aromatic ring is 1. The third-order valence-electron chi connectivity index (χ3n) is 2.99. The Morgan fingerprint density at radius 3 is 2.19 bits per heavy atom. The molecule has 0 aliphatic rings. The Morgan fingerprint density at radius 2 is 1.76 bits per heavy atom. The summed E-state index contributed by atoms with van der Waals surface area (Å²) in [4.78, 5) is 12.4. The van der Waals surface area contributed by atoms with Crippen LogP contribution in [0.15, 0.2) is 18.2 Å². The number of nitro benzene ring substituents is 1. The average Bonchev–Trinajstić information content (AvgIpc) is 2.45. The zero-order valence-electron chi connectivity index (χ0n) is 12.6. The first-order valence-corrected chi connectivity index (χ1v) is 7.04. The number of ether oxygens (including phenoxy) is 2.